The highest BCUT2D eigenvalue weighted by molar-refractivity contribution is 5.91. The van der Waals surface area contributed by atoms with Crippen molar-refractivity contribution in [2.45, 2.75) is 51.5 Å². The summed E-state index contributed by atoms with van der Waals surface area (Å²) in [5, 5.41) is 2.82. The summed E-state index contributed by atoms with van der Waals surface area (Å²) in [4.78, 5) is 25.8. The Morgan fingerprint density at radius 3 is 2.71 bits per heavy atom. The fourth-order valence-electron chi connectivity index (χ4n) is 2.91. The average Bonchev–Trinajstić information content (AvgIpc) is 2.74. The molecule has 17 heavy (non-hydrogen) atoms. The van der Waals surface area contributed by atoms with Gasteiger partial charge in [0.2, 0.25) is 11.8 Å². The van der Waals surface area contributed by atoms with Crippen molar-refractivity contribution in [1.82, 2.24) is 10.2 Å². The van der Waals surface area contributed by atoms with E-state index in [9.17, 15) is 9.59 Å². The van der Waals surface area contributed by atoms with E-state index >= 15 is 0 Å². The Balaban J connectivity index is 1.99. The number of hydrogen-bond acceptors (Lipinski definition) is 2. The standard InChI is InChI=1S/C13H22N2O2/c1-13(2)12(17)14-7-8-15(13)11(16)9-10-5-3-4-6-10/h10H,3-9H2,1-2H3,(H,14,17). The third-order valence-electron chi connectivity index (χ3n) is 4.09. The maximum Gasteiger partial charge on any atom is 0.245 e. The molecule has 0 unspecified atom stereocenters. The highest BCUT2D eigenvalue weighted by Crippen LogP contribution is 2.29. The molecular formula is C13H22N2O2. The number of amides is 2. The molecule has 1 N–H and O–H groups in total. The molecule has 1 heterocycles. The Morgan fingerprint density at radius 1 is 1.41 bits per heavy atom. The molecule has 0 spiro atoms. The van der Waals surface area contributed by atoms with Gasteiger partial charge in [0.15, 0.2) is 0 Å². The molecule has 2 fully saturated rings. The van der Waals surface area contributed by atoms with Crippen LogP contribution in [-0.4, -0.2) is 35.3 Å². The van der Waals surface area contributed by atoms with Gasteiger partial charge in [-0.05, 0) is 32.6 Å². The van der Waals surface area contributed by atoms with Crippen LogP contribution in [0.1, 0.15) is 46.0 Å². The summed E-state index contributed by atoms with van der Waals surface area (Å²) in [6.07, 6.45) is 5.47. The van der Waals surface area contributed by atoms with Gasteiger partial charge in [-0.15, -0.1) is 0 Å². The lowest BCUT2D eigenvalue weighted by atomic mass is 9.96. The molecule has 0 atom stereocenters. The highest BCUT2D eigenvalue weighted by atomic mass is 16.2. The third-order valence-corrected chi connectivity index (χ3v) is 4.09. The highest BCUT2D eigenvalue weighted by Gasteiger charge is 2.40. The van der Waals surface area contributed by atoms with Crippen molar-refractivity contribution < 1.29 is 9.59 Å². The molecule has 1 aliphatic heterocycles. The summed E-state index contributed by atoms with van der Waals surface area (Å²) in [5.74, 6) is 0.656. The summed E-state index contributed by atoms with van der Waals surface area (Å²) in [7, 11) is 0. The quantitative estimate of drug-likeness (QED) is 0.788. The van der Waals surface area contributed by atoms with Crippen LogP contribution in [0.3, 0.4) is 0 Å². The fourth-order valence-corrected chi connectivity index (χ4v) is 2.91. The first-order valence-corrected chi connectivity index (χ1v) is 6.60. The Bertz CT molecular complexity index is 319. The first kappa shape index (κ1) is 12.4. The summed E-state index contributed by atoms with van der Waals surface area (Å²) in [6.45, 7) is 4.88. The molecule has 1 aliphatic carbocycles. The maximum absolute atomic E-state index is 12.3. The van der Waals surface area contributed by atoms with Gasteiger partial charge in [-0.2, -0.15) is 0 Å². The van der Waals surface area contributed by atoms with E-state index in [1.54, 1.807) is 4.90 Å². The SMILES string of the molecule is CC1(C)C(=O)NCCN1C(=O)CC1CCCC1. The summed E-state index contributed by atoms with van der Waals surface area (Å²) < 4.78 is 0. The van der Waals surface area contributed by atoms with Crippen LogP contribution in [0.25, 0.3) is 0 Å². The molecule has 4 heteroatoms. The lowest BCUT2D eigenvalue weighted by Crippen LogP contribution is -2.63. The van der Waals surface area contributed by atoms with Gasteiger partial charge in [0.05, 0.1) is 0 Å². The number of hydrogen-bond donors (Lipinski definition) is 1. The van der Waals surface area contributed by atoms with Gasteiger partial charge in [-0.1, -0.05) is 12.8 Å². The van der Waals surface area contributed by atoms with Crippen molar-refractivity contribution in [3.63, 3.8) is 0 Å². The van der Waals surface area contributed by atoms with Crippen LogP contribution >= 0.6 is 0 Å². The second-order valence-electron chi connectivity index (χ2n) is 5.71. The molecule has 0 aromatic heterocycles. The van der Waals surface area contributed by atoms with Gasteiger partial charge in [-0.3, -0.25) is 9.59 Å². The lowest BCUT2D eigenvalue weighted by Gasteiger charge is -2.41. The Kier molecular flexibility index (Phi) is 3.40. The minimum atomic E-state index is -0.687. The van der Waals surface area contributed by atoms with E-state index in [1.807, 2.05) is 13.8 Å². The number of rotatable bonds is 2. The third kappa shape index (κ3) is 2.45. The molecule has 96 valence electrons. The van der Waals surface area contributed by atoms with E-state index in [4.69, 9.17) is 0 Å². The zero-order chi connectivity index (χ0) is 12.5. The smallest absolute Gasteiger partial charge is 0.245 e. The molecule has 0 aromatic rings. The Hall–Kier alpha value is -1.06. The van der Waals surface area contributed by atoms with E-state index in [0.29, 0.717) is 25.4 Å². The van der Waals surface area contributed by atoms with Crippen LogP contribution in [0.4, 0.5) is 0 Å². The molecule has 2 amide bonds. The predicted octanol–water partition coefficient (Wildman–Crippen LogP) is 1.30. The molecule has 0 radical (unpaired) electrons. The molecule has 0 aromatic carbocycles. The summed E-state index contributed by atoms with van der Waals surface area (Å²) >= 11 is 0. The summed E-state index contributed by atoms with van der Waals surface area (Å²) in [5.41, 5.74) is -0.687. The lowest BCUT2D eigenvalue weighted by molar-refractivity contribution is -0.149. The van der Waals surface area contributed by atoms with Gasteiger partial charge in [0, 0.05) is 19.5 Å². The fraction of sp³-hybridized carbons (Fsp3) is 0.846. The Labute approximate surface area is 103 Å². The van der Waals surface area contributed by atoms with Crippen molar-refractivity contribution in [3.8, 4) is 0 Å². The molecule has 2 aliphatic rings. The van der Waals surface area contributed by atoms with Crippen LogP contribution in [0, 0.1) is 5.92 Å². The number of carbonyl (C=O) groups excluding carboxylic acids is 2. The second kappa shape index (κ2) is 4.67. The van der Waals surface area contributed by atoms with Gasteiger partial charge in [-0.25, -0.2) is 0 Å². The van der Waals surface area contributed by atoms with E-state index < -0.39 is 5.54 Å². The van der Waals surface area contributed by atoms with Gasteiger partial charge in [0.25, 0.3) is 0 Å². The van der Waals surface area contributed by atoms with Crippen LogP contribution in [-0.2, 0) is 9.59 Å². The van der Waals surface area contributed by atoms with Crippen LogP contribution in [0.5, 0.6) is 0 Å². The normalized spacial score (nSPS) is 24.8. The van der Waals surface area contributed by atoms with E-state index in [-0.39, 0.29) is 11.8 Å². The van der Waals surface area contributed by atoms with E-state index in [1.165, 1.54) is 25.7 Å². The zero-order valence-electron chi connectivity index (χ0n) is 10.8. The molecule has 1 saturated carbocycles. The maximum atomic E-state index is 12.3. The molecular weight excluding hydrogens is 216 g/mol. The molecule has 2 rings (SSSR count). The molecule has 1 saturated heterocycles. The monoisotopic (exact) mass is 238 g/mol. The first-order chi connectivity index (χ1) is 8.01. The van der Waals surface area contributed by atoms with Crippen LogP contribution in [0.2, 0.25) is 0 Å². The van der Waals surface area contributed by atoms with Crippen molar-refractivity contribution in [2.75, 3.05) is 13.1 Å². The van der Waals surface area contributed by atoms with Crippen molar-refractivity contribution in [3.05, 3.63) is 0 Å². The largest absolute Gasteiger partial charge is 0.352 e. The van der Waals surface area contributed by atoms with Crippen LogP contribution in [0.15, 0.2) is 0 Å². The van der Waals surface area contributed by atoms with E-state index in [2.05, 4.69) is 5.32 Å². The van der Waals surface area contributed by atoms with Crippen molar-refractivity contribution in [1.29, 1.82) is 0 Å². The topological polar surface area (TPSA) is 49.4 Å². The minimum Gasteiger partial charge on any atom is -0.352 e. The number of nitrogens with one attached hydrogen (secondary N) is 1. The minimum absolute atomic E-state index is 0.0384. The first-order valence-electron chi connectivity index (χ1n) is 6.60. The Morgan fingerprint density at radius 2 is 2.06 bits per heavy atom. The zero-order valence-corrected chi connectivity index (χ0v) is 10.8. The van der Waals surface area contributed by atoms with Crippen molar-refractivity contribution >= 4 is 11.8 Å². The number of nitrogens with zero attached hydrogens (tertiary/aromatic N) is 1. The molecule has 0 bridgehead atoms. The average molecular weight is 238 g/mol. The van der Waals surface area contributed by atoms with Crippen LogP contribution < -0.4 is 5.32 Å². The number of piperazine rings is 1. The second-order valence-corrected chi connectivity index (χ2v) is 5.71. The summed E-state index contributed by atoms with van der Waals surface area (Å²) in [6, 6.07) is 0. The van der Waals surface area contributed by atoms with Crippen molar-refractivity contribution in [2.24, 2.45) is 5.92 Å². The molecule has 4 nitrogen and oxygen atoms in total. The number of carbonyl (C=O) groups is 2. The van der Waals surface area contributed by atoms with Gasteiger partial charge in [0.1, 0.15) is 5.54 Å². The van der Waals surface area contributed by atoms with E-state index in [0.717, 1.165) is 0 Å². The van der Waals surface area contributed by atoms with Gasteiger partial charge >= 0.3 is 0 Å². The predicted molar refractivity (Wildman–Crippen MR) is 65.4 cm³/mol. The van der Waals surface area contributed by atoms with Gasteiger partial charge < -0.3 is 10.2 Å².